The Morgan fingerprint density at radius 2 is 1.93 bits per heavy atom. The molecule has 5 nitrogen and oxygen atoms in total. The predicted octanol–water partition coefficient (Wildman–Crippen LogP) is 3.78. The highest BCUT2D eigenvalue weighted by Crippen LogP contribution is 2.44. The zero-order chi connectivity index (χ0) is 20.0. The molecule has 2 N–H and O–H groups in total. The molecule has 1 amide bonds. The van der Waals surface area contributed by atoms with Crippen LogP contribution in [0.5, 0.6) is 5.75 Å². The van der Waals surface area contributed by atoms with Crippen LogP contribution in [-0.4, -0.2) is 32.8 Å². The van der Waals surface area contributed by atoms with E-state index in [2.05, 4.69) is 18.7 Å². The van der Waals surface area contributed by atoms with Crippen LogP contribution < -0.4 is 10.5 Å². The second-order valence-electron chi connectivity index (χ2n) is 8.17. The van der Waals surface area contributed by atoms with Gasteiger partial charge in [0.1, 0.15) is 11.5 Å². The van der Waals surface area contributed by atoms with Crippen LogP contribution in [0.2, 0.25) is 0 Å². The van der Waals surface area contributed by atoms with Gasteiger partial charge in [-0.3, -0.25) is 4.79 Å². The van der Waals surface area contributed by atoms with Crippen LogP contribution in [0.25, 0.3) is 0 Å². The summed E-state index contributed by atoms with van der Waals surface area (Å²) in [6.07, 6.45) is 7.83. The Kier molecular flexibility index (Phi) is 7.13. The first-order valence-electron chi connectivity index (χ1n) is 10.4. The Bertz CT molecular complexity index is 694. The lowest BCUT2D eigenvalue weighted by Gasteiger charge is -2.31. The van der Waals surface area contributed by atoms with Crippen molar-refractivity contribution < 1.29 is 19.0 Å². The average Bonchev–Trinajstić information content (AvgIpc) is 3.33. The normalized spacial score (nSPS) is 18.6. The SMILES string of the molecule is C=C(Oc1ccc2c(c1)CCC2)[C@H](COCCOC)CC1(C(N)=O)CCCC1. The number of hydrogen-bond donors (Lipinski definition) is 1. The van der Waals surface area contributed by atoms with Gasteiger partial charge in [-0.25, -0.2) is 0 Å². The molecule has 1 aromatic rings. The molecular formula is C23H33NO4. The van der Waals surface area contributed by atoms with Crippen LogP contribution >= 0.6 is 0 Å². The largest absolute Gasteiger partial charge is 0.462 e. The van der Waals surface area contributed by atoms with Crippen LogP contribution in [0, 0.1) is 11.3 Å². The summed E-state index contributed by atoms with van der Waals surface area (Å²) in [5.74, 6) is 1.16. The van der Waals surface area contributed by atoms with Crippen molar-refractivity contribution in [2.24, 2.45) is 17.1 Å². The molecule has 1 aromatic carbocycles. The number of primary amides is 1. The van der Waals surface area contributed by atoms with E-state index < -0.39 is 5.41 Å². The van der Waals surface area contributed by atoms with Gasteiger partial charge in [0.15, 0.2) is 0 Å². The summed E-state index contributed by atoms with van der Waals surface area (Å²) in [6, 6.07) is 6.28. The lowest BCUT2D eigenvalue weighted by atomic mass is 9.76. The maximum Gasteiger partial charge on any atom is 0.223 e. The van der Waals surface area contributed by atoms with Crippen molar-refractivity contribution in [3.05, 3.63) is 41.7 Å². The molecule has 0 aliphatic heterocycles. The summed E-state index contributed by atoms with van der Waals surface area (Å²) in [5, 5.41) is 0. The third-order valence-electron chi connectivity index (χ3n) is 6.25. The van der Waals surface area contributed by atoms with Crippen molar-refractivity contribution >= 4 is 5.91 Å². The maximum atomic E-state index is 12.2. The summed E-state index contributed by atoms with van der Waals surface area (Å²) in [6.45, 7) is 5.67. The number of aryl methyl sites for hydroxylation is 2. The van der Waals surface area contributed by atoms with Crippen LogP contribution in [-0.2, 0) is 27.1 Å². The third kappa shape index (κ3) is 4.95. The van der Waals surface area contributed by atoms with Crippen molar-refractivity contribution in [1.82, 2.24) is 0 Å². The molecule has 1 atom stereocenters. The van der Waals surface area contributed by atoms with Gasteiger partial charge >= 0.3 is 0 Å². The molecule has 2 aliphatic rings. The highest BCUT2D eigenvalue weighted by molar-refractivity contribution is 5.81. The van der Waals surface area contributed by atoms with Crippen molar-refractivity contribution in [3.8, 4) is 5.75 Å². The number of amides is 1. The van der Waals surface area contributed by atoms with E-state index in [1.54, 1.807) is 7.11 Å². The molecule has 154 valence electrons. The summed E-state index contributed by atoms with van der Waals surface area (Å²) in [5.41, 5.74) is 8.11. The first kappa shape index (κ1) is 20.9. The average molecular weight is 388 g/mol. The number of hydrogen-bond acceptors (Lipinski definition) is 4. The second-order valence-corrected chi connectivity index (χ2v) is 8.17. The number of ether oxygens (including phenoxy) is 3. The fraction of sp³-hybridized carbons (Fsp3) is 0.609. The zero-order valence-electron chi connectivity index (χ0n) is 17.0. The minimum absolute atomic E-state index is 0.0873. The molecule has 0 unspecified atom stereocenters. The zero-order valence-corrected chi connectivity index (χ0v) is 17.0. The molecule has 0 spiro atoms. The van der Waals surface area contributed by atoms with Gasteiger partial charge in [0.25, 0.3) is 0 Å². The number of fused-ring (bicyclic) bond motifs is 1. The summed E-state index contributed by atoms with van der Waals surface area (Å²) < 4.78 is 17.0. The summed E-state index contributed by atoms with van der Waals surface area (Å²) >= 11 is 0. The van der Waals surface area contributed by atoms with Gasteiger partial charge in [-0.15, -0.1) is 0 Å². The second kappa shape index (κ2) is 9.57. The van der Waals surface area contributed by atoms with Crippen molar-refractivity contribution in [1.29, 1.82) is 0 Å². The van der Waals surface area contributed by atoms with Gasteiger partial charge < -0.3 is 19.9 Å². The highest BCUT2D eigenvalue weighted by atomic mass is 16.5. The minimum atomic E-state index is -0.473. The van der Waals surface area contributed by atoms with Gasteiger partial charge in [-0.1, -0.05) is 25.5 Å². The van der Waals surface area contributed by atoms with Crippen molar-refractivity contribution in [2.75, 3.05) is 26.9 Å². The number of rotatable bonds is 11. The first-order chi connectivity index (χ1) is 13.5. The molecule has 1 fully saturated rings. The number of nitrogens with two attached hydrogens (primary N) is 1. The molecule has 0 radical (unpaired) electrons. The van der Waals surface area contributed by atoms with Gasteiger partial charge in [0, 0.05) is 18.4 Å². The minimum Gasteiger partial charge on any atom is -0.462 e. The van der Waals surface area contributed by atoms with Crippen molar-refractivity contribution in [3.63, 3.8) is 0 Å². The maximum absolute atomic E-state index is 12.2. The topological polar surface area (TPSA) is 70.8 Å². The highest BCUT2D eigenvalue weighted by Gasteiger charge is 2.42. The number of methoxy groups -OCH3 is 1. The molecule has 3 rings (SSSR count). The van der Waals surface area contributed by atoms with E-state index >= 15 is 0 Å². The van der Waals surface area contributed by atoms with Gasteiger partial charge in [-0.05, 0) is 61.8 Å². The molecule has 5 heteroatoms. The number of carbonyl (C=O) groups excluding carboxylic acids is 1. The molecule has 0 saturated heterocycles. The first-order valence-corrected chi connectivity index (χ1v) is 10.4. The van der Waals surface area contributed by atoms with Crippen LogP contribution in [0.15, 0.2) is 30.5 Å². The van der Waals surface area contributed by atoms with Gasteiger partial charge in [0.2, 0.25) is 5.91 Å². The Hall–Kier alpha value is -1.85. The van der Waals surface area contributed by atoms with E-state index in [0.717, 1.165) is 44.3 Å². The lowest BCUT2D eigenvalue weighted by Crippen LogP contribution is -2.38. The van der Waals surface area contributed by atoms with E-state index in [1.807, 2.05) is 6.07 Å². The fourth-order valence-electron chi connectivity index (χ4n) is 4.55. The Morgan fingerprint density at radius 3 is 2.64 bits per heavy atom. The van der Waals surface area contributed by atoms with E-state index in [4.69, 9.17) is 19.9 Å². The Labute approximate surface area is 168 Å². The predicted molar refractivity (Wildman–Crippen MR) is 109 cm³/mol. The Balaban J connectivity index is 1.69. The number of benzene rings is 1. The van der Waals surface area contributed by atoms with Crippen LogP contribution in [0.4, 0.5) is 0 Å². The monoisotopic (exact) mass is 387 g/mol. The molecule has 0 heterocycles. The molecular weight excluding hydrogens is 354 g/mol. The van der Waals surface area contributed by atoms with E-state index in [0.29, 0.717) is 32.0 Å². The summed E-state index contributed by atoms with van der Waals surface area (Å²) in [7, 11) is 1.65. The van der Waals surface area contributed by atoms with Gasteiger partial charge in [-0.2, -0.15) is 0 Å². The van der Waals surface area contributed by atoms with Crippen molar-refractivity contribution in [2.45, 2.75) is 51.4 Å². The fourth-order valence-corrected chi connectivity index (χ4v) is 4.55. The van der Waals surface area contributed by atoms with Crippen LogP contribution in [0.1, 0.15) is 49.7 Å². The molecule has 0 aromatic heterocycles. The van der Waals surface area contributed by atoms with E-state index in [-0.39, 0.29) is 11.8 Å². The smallest absolute Gasteiger partial charge is 0.223 e. The van der Waals surface area contributed by atoms with E-state index in [9.17, 15) is 4.79 Å². The molecule has 2 aliphatic carbocycles. The summed E-state index contributed by atoms with van der Waals surface area (Å²) in [4.78, 5) is 12.2. The standard InChI is InChI=1S/C23H33NO4/c1-17(28-21-9-8-18-6-5-7-19(18)14-21)20(16-27-13-12-26-2)15-23(22(24)25)10-3-4-11-23/h8-9,14,20H,1,3-7,10-13,15-16H2,2H3,(H2,24,25)/t20-/m0/s1. The third-order valence-corrected chi connectivity index (χ3v) is 6.25. The Morgan fingerprint density at radius 1 is 1.18 bits per heavy atom. The quantitative estimate of drug-likeness (QED) is 0.463. The number of carbonyl (C=O) groups is 1. The van der Waals surface area contributed by atoms with Gasteiger partial charge in [0.05, 0.1) is 19.8 Å². The molecule has 1 saturated carbocycles. The molecule has 0 bridgehead atoms. The lowest BCUT2D eigenvalue weighted by molar-refractivity contribution is -0.128. The van der Waals surface area contributed by atoms with E-state index in [1.165, 1.54) is 17.5 Å². The molecule has 28 heavy (non-hydrogen) atoms. The van der Waals surface area contributed by atoms with Crippen LogP contribution in [0.3, 0.4) is 0 Å².